The average Bonchev–Trinajstić information content (AvgIpc) is 2.17. The molecule has 0 aliphatic carbocycles. The molecule has 0 amide bonds. The Morgan fingerprint density at radius 1 is 1.29 bits per heavy atom. The molecule has 6 heteroatoms. The highest BCUT2D eigenvalue weighted by Gasteiger charge is 2.19. The predicted molar refractivity (Wildman–Crippen MR) is 63.1 cm³/mol. The molecule has 1 aromatic rings. The highest BCUT2D eigenvalue weighted by Crippen LogP contribution is 2.21. The van der Waals surface area contributed by atoms with Crippen LogP contribution in [-0.4, -0.2) is 14.2 Å². The number of rotatable bonds is 4. The monoisotopic (exact) mass is 263 g/mol. The summed E-state index contributed by atoms with van der Waals surface area (Å²) < 4.78 is 49.7. The number of sulfone groups is 1. The summed E-state index contributed by atoms with van der Waals surface area (Å²) in [6.45, 7) is 3.51. The summed E-state index contributed by atoms with van der Waals surface area (Å²) in [6.07, 6.45) is 0. The maximum absolute atomic E-state index is 13.5. The van der Waals surface area contributed by atoms with Gasteiger partial charge in [0, 0.05) is 5.56 Å². The zero-order valence-electron chi connectivity index (χ0n) is 9.70. The molecule has 1 aromatic carbocycles. The topological polar surface area (TPSA) is 60.2 Å². The van der Waals surface area contributed by atoms with E-state index in [4.69, 9.17) is 5.73 Å². The molecule has 0 fully saturated rings. The third-order valence-electron chi connectivity index (χ3n) is 2.17. The fourth-order valence-electron chi connectivity index (χ4n) is 1.53. The molecular formula is C11H15F2NO2S. The largest absolute Gasteiger partial charge is 0.394 e. The van der Waals surface area contributed by atoms with Gasteiger partial charge >= 0.3 is 0 Å². The molecule has 0 atom stereocenters. The van der Waals surface area contributed by atoms with Crippen molar-refractivity contribution in [2.75, 3.05) is 11.5 Å². The van der Waals surface area contributed by atoms with Crippen LogP contribution in [0.3, 0.4) is 0 Å². The molecule has 0 radical (unpaired) electrons. The van der Waals surface area contributed by atoms with Crippen LogP contribution in [0.15, 0.2) is 12.1 Å². The van der Waals surface area contributed by atoms with E-state index < -0.39 is 32.9 Å². The van der Waals surface area contributed by atoms with Crippen LogP contribution in [0.2, 0.25) is 0 Å². The zero-order valence-corrected chi connectivity index (χ0v) is 10.5. The van der Waals surface area contributed by atoms with E-state index in [0.717, 1.165) is 12.1 Å². The summed E-state index contributed by atoms with van der Waals surface area (Å²) in [6, 6.07) is 2.08. The second-order valence-corrected chi connectivity index (χ2v) is 6.49. The van der Waals surface area contributed by atoms with Crippen molar-refractivity contribution in [3.05, 3.63) is 29.3 Å². The molecule has 0 heterocycles. The van der Waals surface area contributed by atoms with Crippen LogP contribution in [0.4, 0.5) is 14.5 Å². The van der Waals surface area contributed by atoms with E-state index >= 15 is 0 Å². The van der Waals surface area contributed by atoms with Gasteiger partial charge in [-0.3, -0.25) is 0 Å². The van der Waals surface area contributed by atoms with Crippen LogP contribution < -0.4 is 5.73 Å². The number of halogens is 2. The maximum atomic E-state index is 13.5. The number of hydrogen-bond donors (Lipinski definition) is 1. The number of hydrogen-bond acceptors (Lipinski definition) is 3. The first-order valence-electron chi connectivity index (χ1n) is 5.15. The lowest BCUT2D eigenvalue weighted by molar-refractivity contribution is 0.569. The third kappa shape index (κ3) is 3.66. The zero-order chi connectivity index (χ0) is 13.2. The summed E-state index contributed by atoms with van der Waals surface area (Å²) in [5, 5.41) is 0. The molecule has 0 spiro atoms. The highest BCUT2D eigenvalue weighted by atomic mass is 32.2. The Morgan fingerprint density at radius 2 is 1.88 bits per heavy atom. The van der Waals surface area contributed by atoms with Crippen molar-refractivity contribution in [1.82, 2.24) is 0 Å². The summed E-state index contributed by atoms with van der Waals surface area (Å²) in [5.74, 6) is -2.41. The van der Waals surface area contributed by atoms with Gasteiger partial charge in [-0.05, 0) is 12.0 Å². The molecule has 2 N–H and O–H groups in total. The van der Waals surface area contributed by atoms with Crippen LogP contribution in [0.25, 0.3) is 0 Å². The number of benzene rings is 1. The van der Waals surface area contributed by atoms with E-state index in [0.29, 0.717) is 0 Å². The van der Waals surface area contributed by atoms with Gasteiger partial charge in [0.2, 0.25) is 0 Å². The fraction of sp³-hybridized carbons (Fsp3) is 0.455. The van der Waals surface area contributed by atoms with Crippen molar-refractivity contribution in [3.8, 4) is 0 Å². The van der Waals surface area contributed by atoms with Crippen molar-refractivity contribution in [1.29, 1.82) is 0 Å². The Morgan fingerprint density at radius 3 is 2.41 bits per heavy atom. The Hall–Kier alpha value is -1.17. The van der Waals surface area contributed by atoms with Gasteiger partial charge in [0.25, 0.3) is 0 Å². The van der Waals surface area contributed by atoms with E-state index in [9.17, 15) is 17.2 Å². The molecule has 96 valence electrons. The molecule has 0 aliphatic heterocycles. The standard InChI is InChI=1S/C11H15F2NO2S/c1-7(2)5-17(15,16)6-8-3-4-9(12)11(14)10(8)13/h3-4,7H,5-6,14H2,1-2H3. The molecule has 0 saturated carbocycles. The summed E-state index contributed by atoms with van der Waals surface area (Å²) in [5.41, 5.74) is 4.43. The number of nitrogen functional groups attached to an aromatic ring is 1. The van der Waals surface area contributed by atoms with Crippen molar-refractivity contribution < 1.29 is 17.2 Å². The van der Waals surface area contributed by atoms with Crippen molar-refractivity contribution in [2.45, 2.75) is 19.6 Å². The van der Waals surface area contributed by atoms with E-state index in [1.54, 1.807) is 13.8 Å². The molecular weight excluding hydrogens is 248 g/mol. The van der Waals surface area contributed by atoms with E-state index in [1.165, 1.54) is 0 Å². The molecule has 1 rings (SSSR count). The van der Waals surface area contributed by atoms with Gasteiger partial charge < -0.3 is 5.73 Å². The lowest BCUT2D eigenvalue weighted by Gasteiger charge is -2.09. The smallest absolute Gasteiger partial charge is 0.154 e. The summed E-state index contributed by atoms with van der Waals surface area (Å²) in [4.78, 5) is 0. The molecule has 17 heavy (non-hydrogen) atoms. The van der Waals surface area contributed by atoms with Crippen LogP contribution >= 0.6 is 0 Å². The molecule has 0 bridgehead atoms. The minimum absolute atomic E-state index is 0.0380. The number of nitrogens with two attached hydrogens (primary N) is 1. The third-order valence-corrected chi connectivity index (χ3v) is 4.09. The van der Waals surface area contributed by atoms with Gasteiger partial charge in [-0.15, -0.1) is 0 Å². The number of anilines is 1. The molecule has 0 saturated heterocycles. The van der Waals surface area contributed by atoms with Gasteiger partial charge in [0.1, 0.15) is 11.5 Å². The Labute approximate surface area is 99.6 Å². The van der Waals surface area contributed by atoms with Crippen molar-refractivity contribution >= 4 is 15.5 Å². The molecule has 0 unspecified atom stereocenters. The van der Waals surface area contributed by atoms with Crippen LogP contribution in [0.1, 0.15) is 19.4 Å². The lowest BCUT2D eigenvalue weighted by atomic mass is 10.2. The van der Waals surface area contributed by atoms with E-state index in [2.05, 4.69) is 0 Å². The Bertz CT molecular complexity index is 512. The summed E-state index contributed by atoms with van der Waals surface area (Å²) >= 11 is 0. The first kappa shape index (κ1) is 13.9. The second kappa shape index (κ2) is 5.00. The van der Waals surface area contributed by atoms with Gasteiger partial charge in [0.15, 0.2) is 15.7 Å². The minimum atomic E-state index is -3.40. The normalized spacial score (nSPS) is 12.1. The van der Waals surface area contributed by atoms with Crippen molar-refractivity contribution in [3.63, 3.8) is 0 Å². The fourth-order valence-corrected chi connectivity index (χ4v) is 3.36. The quantitative estimate of drug-likeness (QED) is 0.846. The van der Waals surface area contributed by atoms with Gasteiger partial charge in [0.05, 0.1) is 11.5 Å². The maximum Gasteiger partial charge on any atom is 0.154 e. The van der Waals surface area contributed by atoms with Gasteiger partial charge in [-0.1, -0.05) is 19.9 Å². The average molecular weight is 263 g/mol. The first-order chi connectivity index (χ1) is 7.73. The van der Waals surface area contributed by atoms with Gasteiger partial charge in [-0.25, -0.2) is 17.2 Å². The first-order valence-corrected chi connectivity index (χ1v) is 6.98. The highest BCUT2D eigenvalue weighted by molar-refractivity contribution is 7.90. The predicted octanol–water partition coefficient (Wildman–Crippen LogP) is 2.12. The van der Waals surface area contributed by atoms with Crippen LogP contribution in [-0.2, 0) is 15.6 Å². The van der Waals surface area contributed by atoms with Gasteiger partial charge in [-0.2, -0.15) is 0 Å². The molecule has 0 aliphatic rings. The van der Waals surface area contributed by atoms with Crippen LogP contribution in [0, 0.1) is 17.6 Å². The lowest BCUT2D eigenvalue weighted by Crippen LogP contribution is -2.15. The van der Waals surface area contributed by atoms with E-state index in [-0.39, 0.29) is 17.2 Å². The minimum Gasteiger partial charge on any atom is -0.394 e. The SMILES string of the molecule is CC(C)CS(=O)(=O)Cc1ccc(F)c(N)c1F. The van der Waals surface area contributed by atoms with Crippen molar-refractivity contribution in [2.24, 2.45) is 5.92 Å². The molecule has 0 aromatic heterocycles. The Kier molecular flexibility index (Phi) is 4.08. The molecule has 3 nitrogen and oxygen atoms in total. The van der Waals surface area contributed by atoms with E-state index in [1.807, 2.05) is 0 Å². The second-order valence-electron chi connectivity index (χ2n) is 4.38. The summed E-state index contributed by atoms with van der Waals surface area (Å²) in [7, 11) is -3.40. The Balaban J connectivity index is 3.01. The van der Waals surface area contributed by atoms with Crippen LogP contribution in [0.5, 0.6) is 0 Å².